The summed E-state index contributed by atoms with van der Waals surface area (Å²) in [7, 11) is 1.41. The van der Waals surface area contributed by atoms with E-state index in [-0.39, 0.29) is 35.3 Å². The third kappa shape index (κ3) is 6.66. The van der Waals surface area contributed by atoms with E-state index < -0.39 is 23.7 Å². The molecule has 39 heavy (non-hydrogen) atoms. The number of hydrogen-bond donors (Lipinski definition) is 5. The third-order valence-corrected chi connectivity index (χ3v) is 5.66. The van der Waals surface area contributed by atoms with E-state index in [1.54, 1.807) is 4.90 Å². The van der Waals surface area contributed by atoms with Crippen LogP contribution in [0, 0.1) is 0 Å². The first-order valence-corrected chi connectivity index (χ1v) is 11.6. The Labute approximate surface area is 220 Å². The van der Waals surface area contributed by atoms with Crippen molar-refractivity contribution in [1.82, 2.24) is 10.6 Å². The number of pyridine rings is 1. The highest BCUT2D eigenvalue weighted by Gasteiger charge is 2.32. The molecule has 11 nitrogen and oxygen atoms in total. The van der Waals surface area contributed by atoms with Gasteiger partial charge in [0.25, 0.3) is 0 Å². The van der Waals surface area contributed by atoms with Crippen LogP contribution in [0.3, 0.4) is 0 Å². The Hall–Kier alpha value is -5.01. The molecule has 0 unspecified atom stereocenters. The summed E-state index contributed by atoms with van der Waals surface area (Å²) in [4.78, 5) is 37.9. The monoisotopic (exact) mass is 545 g/mol. The van der Waals surface area contributed by atoms with Crippen LogP contribution in [0.1, 0.15) is 16.1 Å². The summed E-state index contributed by atoms with van der Waals surface area (Å²) in [6.45, 7) is 0.614. The number of nitrogens with one attached hydrogen (secondary N) is 4. The fourth-order valence-corrected chi connectivity index (χ4v) is 3.79. The molecule has 0 bridgehead atoms. The summed E-state index contributed by atoms with van der Waals surface area (Å²) in [6.07, 6.45) is -3.39. The molecule has 14 heteroatoms. The van der Waals surface area contributed by atoms with Crippen LogP contribution in [0.5, 0.6) is 11.5 Å². The van der Waals surface area contributed by atoms with Gasteiger partial charge in [-0.15, -0.1) is 0 Å². The van der Waals surface area contributed by atoms with E-state index in [2.05, 4.69) is 21.3 Å². The molecule has 1 aliphatic rings. The molecule has 2 heterocycles. The zero-order chi connectivity index (χ0) is 28.2. The van der Waals surface area contributed by atoms with Crippen LogP contribution in [-0.2, 0) is 11.0 Å². The minimum atomic E-state index is -4.63. The zero-order valence-electron chi connectivity index (χ0n) is 20.5. The number of benzene rings is 2. The van der Waals surface area contributed by atoms with Crippen LogP contribution in [0.15, 0.2) is 60.8 Å². The van der Waals surface area contributed by atoms with Crippen LogP contribution in [0.2, 0.25) is 0 Å². The van der Waals surface area contributed by atoms with E-state index in [4.69, 9.17) is 4.74 Å². The second-order valence-electron chi connectivity index (χ2n) is 8.38. The molecule has 1 aromatic heterocycles. The molecule has 0 aliphatic carbocycles. The fourth-order valence-electron chi connectivity index (χ4n) is 3.79. The minimum absolute atomic E-state index is 0.0518. The molecular weight excluding hydrogens is 521 g/mol. The lowest BCUT2D eigenvalue weighted by Gasteiger charge is -2.30. The highest BCUT2D eigenvalue weighted by atomic mass is 19.4. The van der Waals surface area contributed by atoms with Gasteiger partial charge in [0, 0.05) is 36.6 Å². The van der Waals surface area contributed by atoms with Crippen molar-refractivity contribution >= 4 is 34.9 Å². The first kappa shape index (κ1) is 27.0. The number of halogens is 3. The highest BCUT2D eigenvalue weighted by molar-refractivity contribution is 6.02. The lowest BCUT2D eigenvalue weighted by atomic mass is 10.1. The van der Waals surface area contributed by atoms with E-state index in [9.17, 15) is 32.8 Å². The topological polar surface area (TPSA) is 136 Å². The molecule has 1 saturated heterocycles. The molecule has 0 atom stereocenters. The van der Waals surface area contributed by atoms with Crippen molar-refractivity contribution in [2.75, 3.05) is 42.2 Å². The summed E-state index contributed by atoms with van der Waals surface area (Å²) in [5.74, 6) is -0.195. The molecule has 3 aromatic rings. The van der Waals surface area contributed by atoms with Crippen molar-refractivity contribution in [3.63, 3.8) is 0 Å². The summed E-state index contributed by atoms with van der Waals surface area (Å²) >= 11 is 0. The van der Waals surface area contributed by atoms with Crippen LogP contribution in [-0.4, -0.2) is 49.7 Å². The number of aromatic nitrogens is 1. The first-order valence-electron chi connectivity index (χ1n) is 11.6. The minimum Gasteiger partial charge on any atom is -0.457 e. The Bertz CT molecular complexity index is 1400. The molecule has 0 spiro atoms. The van der Waals surface area contributed by atoms with Gasteiger partial charge >= 0.3 is 23.8 Å². The number of amides is 4. The average molecular weight is 545 g/mol. The van der Waals surface area contributed by atoms with Gasteiger partial charge in [-0.3, -0.25) is 14.8 Å². The predicted molar refractivity (Wildman–Crippen MR) is 133 cm³/mol. The van der Waals surface area contributed by atoms with Crippen LogP contribution in [0.4, 0.5) is 35.0 Å². The van der Waals surface area contributed by atoms with Gasteiger partial charge < -0.3 is 30.9 Å². The Morgan fingerprint density at radius 1 is 1.05 bits per heavy atom. The number of carbonyl (C=O) groups excluding carboxylic acids is 3. The third-order valence-electron chi connectivity index (χ3n) is 5.66. The van der Waals surface area contributed by atoms with Gasteiger partial charge in [0.05, 0.1) is 29.5 Å². The first-order chi connectivity index (χ1) is 18.5. The largest absolute Gasteiger partial charge is 0.457 e. The van der Waals surface area contributed by atoms with Gasteiger partial charge in [0.15, 0.2) is 0 Å². The van der Waals surface area contributed by atoms with E-state index in [1.807, 2.05) is 0 Å². The quantitative estimate of drug-likeness (QED) is 0.239. The van der Waals surface area contributed by atoms with Crippen LogP contribution >= 0.6 is 0 Å². The SMILES string of the molecule is CNC(=O)c1cc(Oc2ccc(NC(=O)Nc3cc(C(F)(F)F)ccc3N3CCNC(=O)C3)cc2)cc[n+]1O. The lowest BCUT2D eigenvalue weighted by Crippen LogP contribution is -2.48. The maximum atomic E-state index is 13.3. The van der Waals surface area contributed by atoms with Crippen LogP contribution in [0.25, 0.3) is 0 Å². The smallest absolute Gasteiger partial charge is 0.416 e. The number of nitrogens with zero attached hydrogens (tertiary/aromatic N) is 2. The fraction of sp³-hybridized carbons (Fsp3) is 0.200. The number of urea groups is 1. The normalized spacial score (nSPS) is 13.3. The van der Waals surface area contributed by atoms with Crippen molar-refractivity contribution in [2.24, 2.45) is 0 Å². The number of anilines is 3. The van der Waals surface area contributed by atoms with Crippen molar-refractivity contribution in [3.05, 3.63) is 72.1 Å². The average Bonchev–Trinajstić information content (AvgIpc) is 2.90. The highest BCUT2D eigenvalue weighted by Crippen LogP contribution is 2.36. The number of piperazine rings is 1. The Balaban J connectivity index is 1.46. The summed E-state index contributed by atoms with van der Waals surface area (Å²) in [6, 6.07) is 11.0. The number of ether oxygens (including phenoxy) is 1. The van der Waals surface area contributed by atoms with Crippen molar-refractivity contribution in [2.45, 2.75) is 6.18 Å². The molecule has 1 aliphatic heterocycles. The van der Waals surface area contributed by atoms with Crippen molar-refractivity contribution in [3.8, 4) is 11.5 Å². The second kappa shape index (κ2) is 11.2. The number of hydrogen-bond acceptors (Lipinski definition) is 6. The Morgan fingerprint density at radius 3 is 2.46 bits per heavy atom. The van der Waals surface area contributed by atoms with Gasteiger partial charge in [0.2, 0.25) is 12.1 Å². The maximum absolute atomic E-state index is 13.3. The molecular formula is C25H24F3N6O5+. The van der Waals surface area contributed by atoms with E-state index >= 15 is 0 Å². The molecule has 2 aromatic carbocycles. The zero-order valence-corrected chi connectivity index (χ0v) is 20.5. The van der Waals surface area contributed by atoms with E-state index in [1.165, 1.54) is 55.7 Å². The van der Waals surface area contributed by atoms with E-state index in [0.717, 1.165) is 12.1 Å². The molecule has 1 fully saturated rings. The standard InChI is InChI=1S/C25H23F3N6O5/c1-29-23(36)21-13-18(8-10-34(21)38)39-17-5-3-16(4-6-17)31-24(37)32-19-12-15(25(26,27)28)2-7-20(19)33-11-9-30-22(35)14-33/h2-8,10,12-13H,9,11,14H2,1H3,(H4-,29,30,31,32,35,36,37,38)/p+1. The van der Waals surface area contributed by atoms with Crippen LogP contribution < -0.4 is 35.6 Å². The molecule has 4 amide bonds. The molecule has 0 radical (unpaired) electrons. The molecule has 204 valence electrons. The number of rotatable bonds is 6. The van der Waals surface area contributed by atoms with Gasteiger partial charge in [-0.05, 0) is 42.5 Å². The lowest BCUT2D eigenvalue weighted by molar-refractivity contribution is -0.905. The molecule has 0 saturated carbocycles. The van der Waals surface area contributed by atoms with Gasteiger partial charge in [-0.25, -0.2) is 4.79 Å². The van der Waals surface area contributed by atoms with E-state index in [0.29, 0.717) is 29.3 Å². The summed E-state index contributed by atoms with van der Waals surface area (Å²) < 4.78 is 46.3. The molecule has 4 rings (SSSR count). The van der Waals surface area contributed by atoms with Gasteiger partial charge in [0.1, 0.15) is 11.5 Å². The summed E-state index contributed by atoms with van der Waals surface area (Å²) in [5, 5.41) is 19.8. The molecule has 5 N–H and O–H groups in total. The Kier molecular flexibility index (Phi) is 7.74. The van der Waals surface area contributed by atoms with Gasteiger partial charge in [-0.1, -0.05) is 0 Å². The maximum Gasteiger partial charge on any atom is 0.416 e. The Morgan fingerprint density at radius 2 is 1.79 bits per heavy atom. The van der Waals surface area contributed by atoms with Crippen molar-refractivity contribution in [1.29, 1.82) is 0 Å². The second-order valence-corrected chi connectivity index (χ2v) is 8.38. The van der Waals surface area contributed by atoms with Crippen molar-refractivity contribution < 1.29 is 42.2 Å². The van der Waals surface area contributed by atoms with Gasteiger partial charge in [-0.2, -0.15) is 13.2 Å². The summed E-state index contributed by atoms with van der Waals surface area (Å²) in [5.41, 5.74) is -0.507. The number of carbonyl (C=O) groups is 3. The number of alkyl halides is 3. The predicted octanol–water partition coefficient (Wildman–Crippen LogP) is 2.96.